The Morgan fingerprint density at radius 3 is 2.34 bits per heavy atom. The highest BCUT2D eigenvalue weighted by molar-refractivity contribution is 6.74. The van der Waals surface area contributed by atoms with Crippen LogP contribution >= 0.6 is 0 Å². The molecule has 1 rings (SSSR count). The molecule has 0 aromatic heterocycles. The molecule has 7 nitrogen and oxygen atoms in total. The standard InChI is InChI=1S/C21H33NO6Si/c1-16-10-8-9-11-19(16)20(25)22(15-23)28-18(12-13-26-17(2)24)14-27-29(6,7)21(3,4)5/h8-11,15,18H,12-14H2,1-7H3. The maximum atomic E-state index is 12.7. The average Bonchev–Trinajstić information content (AvgIpc) is 2.62. The number of hydroxylamine groups is 2. The number of carbonyl (C=O) groups is 3. The van der Waals surface area contributed by atoms with Gasteiger partial charge in [-0.05, 0) is 36.7 Å². The van der Waals surface area contributed by atoms with E-state index in [9.17, 15) is 14.4 Å². The topological polar surface area (TPSA) is 82.1 Å². The fourth-order valence-corrected chi connectivity index (χ4v) is 3.27. The van der Waals surface area contributed by atoms with E-state index < -0.39 is 26.3 Å². The molecule has 0 radical (unpaired) electrons. The van der Waals surface area contributed by atoms with Crippen molar-refractivity contribution in [2.75, 3.05) is 13.2 Å². The van der Waals surface area contributed by atoms with Crippen LogP contribution in [0.5, 0.6) is 0 Å². The Bertz CT molecular complexity index is 713. The monoisotopic (exact) mass is 423 g/mol. The normalized spacial score (nSPS) is 12.9. The van der Waals surface area contributed by atoms with E-state index in [0.717, 1.165) is 5.56 Å². The van der Waals surface area contributed by atoms with Gasteiger partial charge in [-0.2, -0.15) is 5.06 Å². The fourth-order valence-electron chi connectivity index (χ4n) is 2.23. The predicted octanol–water partition coefficient (Wildman–Crippen LogP) is 3.87. The Morgan fingerprint density at radius 1 is 1.21 bits per heavy atom. The molecule has 0 aliphatic carbocycles. The van der Waals surface area contributed by atoms with Crippen LogP contribution in [0.25, 0.3) is 0 Å². The Morgan fingerprint density at radius 2 is 1.83 bits per heavy atom. The molecule has 0 saturated carbocycles. The van der Waals surface area contributed by atoms with Crippen LogP contribution in [-0.4, -0.2) is 51.0 Å². The van der Waals surface area contributed by atoms with Gasteiger partial charge in [-0.25, -0.2) is 0 Å². The van der Waals surface area contributed by atoms with Crippen LogP contribution in [-0.2, 0) is 23.6 Å². The molecule has 0 heterocycles. The van der Waals surface area contributed by atoms with Gasteiger partial charge in [0.05, 0.1) is 13.2 Å². The van der Waals surface area contributed by atoms with Crippen LogP contribution in [0.2, 0.25) is 18.1 Å². The zero-order valence-corrected chi connectivity index (χ0v) is 19.5. The quantitative estimate of drug-likeness (QED) is 0.246. The van der Waals surface area contributed by atoms with Crippen LogP contribution in [0.1, 0.15) is 50.0 Å². The minimum absolute atomic E-state index is 0.00521. The Hall–Kier alpha value is -2.03. The van der Waals surface area contributed by atoms with E-state index in [1.165, 1.54) is 6.92 Å². The highest BCUT2D eigenvalue weighted by Gasteiger charge is 2.38. The molecule has 2 amide bonds. The fraction of sp³-hybridized carbons (Fsp3) is 0.571. The van der Waals surface area contributed by atoms with Gasteiger partial charge in [0.25, 0.3) is 5.91 Å². The van der Waals surface area contributed by atoms with Crippen LogP contribution in [0, 0.1) is 6.92 Å². The molecule has 0 N–H and O–H groups in total. The summed E-state index contributed by atoms with van der Waals surface area (Å²) in [5, 5.41) is 0.685. The van der Waals surface area contributed by atoms with Crippen LogP contribution in [0.4, 0.5) is 0 Å². The average molecular weight is 424 g/mol. The lowest BCUT2D eigenvalue weighted by molar-refractivity contribution is -0.181. The number of imide groups is 1. The molecule has 0 saturated heterocycles. The minimum Gasteiger partial charge on any atom is -0.466 e. The minimum atomic E-state index is -2.07. The van der Waals surface area contributed by atoms with Crippen molar-refractivity contribution in [1.29, 1.82) is 0 Å². The second-order valence-electron chi connectivity index (χ2n) is 8.48. The van der Waals surface area contributed by atoms with Gasteiger partial charge in [-0.1, -0.05) is 39.0 Å². The zero-order valence-electron chi connectivity index (χ0n) is 18.5. The van der Waals surface area contributed by atoms with Crippen molar-refractivity contribution in [3.05, 3.63) is 35.4 Å². The smallest absolute Gasteiger partial charge is 0.302 e. The van der Waals surface area contributed by atoms with Crippen molar-refractivity contribution in [3.8, 4) is 0 Å². The van der Waals surface area contributed by atoms with Gasteiger partial charge in [0.15, 0.2) is 8.32 Å². The third-order valence-corrected chi connectivity index (χ3v) is 9.62. The summed E-state index contributed by atoms with van der Waals surface area (Å²) in [6.45, 7) is 14.0. The maximum Gasteiger partial charge on any atom is 0.302 e. The third-order valence-electron chi connectivity index (χ3n) is 5.12. The molecule has 0 spiro atoms. The Labute approximate surface area is 174 Å². The van der Waals surface area contributed by atoms with Gasteiger partial charge >= 0.3 is 5.97 Å². The largest absolute Gasteiger partial charge is 0.466 e. The third kappa shape index (κ3) is 7.72. The number of aryl methyl sites for hydroxylation is 1. The van der Waals surface area contributed by atoms with E-state index in [2.05, 4.69) is 33.9 Å². The van der Waals surface area contributed by atoms with Crippen LogP contribution < -0.4 is 0 Å². The van der Waals surface area contributed by atoms with E-state index in [-0.39, 0.29) is 18.3 Å². The van der Waals surface area contributed by atoms with Crippen molar-refractivity contribution >= 4 is 26.6 Å². The number of carbonyl (C=O) groups excluding carboxylic acids is 3. The lowest BCUT2D eigenvalue weighted by atomic mass is 10.1. The van der Waals surface area contributed by atoms with Crippen molar-refractivity contribution < 1.29 is 28.4 Å². The summed E-state index contributed by atoms with van der Waals surface area (Å²) in [5.41, 5.74) is 1.12. The van der Waals surface area contributed by atoms with E-state index in [0.29, 0.717) is 23.5 Å². The van der Waals surface area contributed by atoms with Gasteiger partial charge in [0, 0.05) is 18.9 Å². The summed E-state index contributed by atoms with van der Waals surface area (Å²) in [6.07, 6.45) is 0.0149. The molecule has 8 heteroatoms. The molecule has 0 aliphatic rings. The van der Waals surface area contributed by atoms with Gasteiger partial charge in [0.1, 0.15) is 6.10 Å². The number of rotatable bonds is 10. The van der Waals surface area contributed by atoms with Gasteiger partial charge in [-0.3, -0.25) is 19.2 Å². The lowest BCUT2D eigenvalue weighted by Crippen LogP contribution is -2.44. The Balaban J connectivity index is 2.92. The first-order valence-electron chi connectivity index (χ1n) is 9.67. The van der Waals surface area contributed by atoms with Gasteiger partial charge in [0.2, 0.25) is 6.41 Å². The second kappa shape index (κ2) is 10.7. The summed E-state index contributed by atoms with van der Waals surface area (Å²) in [4.78, 5) is 41.1. The first kappa shape index (κ1) is 25.0. The van der Waals surface area contributed by atoms with Crippen LogP contribution in [0.15, 0.2) is 24.3 Å². The maximum absolute atomic E-state index is 12.7. The highest BCUT2D eigenvalue weighted by atomic mass is 28.4. The first-order chi connectivity index (χ1) is 13.4. The molecule has 1 aromatic carbocycles. The summed E-state index contributed by atoms with van der Waals surface area (Å²) in [7, 11) is -2.07. The number of amides is 2. The number of ether oxygens (including phenoxy) is 1. The number of hydrogen-bond donors (Lipinski definition) is 0. The molecule has 162 valence electrons. The molecule has 0 aliphatic heterocycles. The molecular weight excluding hydrogens is 390 g/mol. The van der Waals surface area contributed by atoms with Crippen molar-refractivity contribution in [2.24, 2.45) is 0 Å². The van der Waals surface area contributed by atoms with E-state index >= 15 is 0 Å². The molecular formula is C21H33NO6Si. The van der Waals surface area contributed by atoms with Crippen LogP contribution in [0.3, 0.4) is 0 Å². The SMILES string of the molecule is CC(=O)OCCC(CO[Si](C)(C)C(C)(C)C)ON(C=O)C(=O)c1ccccc1C. The number of nitrogens with zero attached hydrogens (tertiary/aromatic N) is 1. The van der Waals surface area contributed by atoms with Crippen molar-refractivity contribution in [1.82, 2.24) is 5.06 Å². The second-order valence-corrected chi connectivity index (χ2v) is 13.3. The van der Waals surface area contributed by atoms with Crippen molar-refractivity contribution in [2.45, 2.75) is 65.3 Å². The number of esters is 1. The van der Waals surface area contributed by atoms with Gasteiger partial charge < -0.3 is 9.16 Å². The molecule has 0 fully saturated rings. The Kier molecular flexibility index (Phi) is 9.19. The summed E-state index contributed by atoms with van der Waals surface area (Å²) in [5.74, 6) is -0.958. The first-order valence-corrected chi connectivity index (χ1v) is 12.6. The van der Waals surface area contributed by atoms with E-state index in [1.807, 2.05) is 6.07 Å². The summed E-state index contributed by atoms with van der Waals surface area (Å²) >= 11 is 0. The summed E-state index contributed by atoms with van der Waals surface area (Å²) in [6, 6.07) is 6.96. The zero-order chi connectivity index (χ0) is 22.2. The van der Waals surface area contributed by atoms with Gasteiger partial charge in [-0.15, -0.1) is 0 Å². The van der Waals surface area contributed by atoms with E-state index in [1.54, 1.807) is 25.1 Å². The molecule has 29 heavy (non-hydrogen) atoms. The predicted molar refractivity (Wildman–Crippen MR) is 113 cm³/mol. The molecule has 1 aromatic rings. The lowest BCUT2D eigenvalue weighted by Gasteiger charge is -2.37. The van der Waals surface area contributed by atoms with Crippen molar-refractivity contribution in [3.63, 3.8) is 0 Å². The molecule has 1 unspecified atom stereocenters. The van der Waals surface area contributed by atoms with E-state index in [4.69, 9.17) is 14.0 Å². The number of hydrogen-bond acceptors (Lipinski definition) is 6. The molecule has 1 atom stereocenters. The molecule has 0 bridgehead atoms. The highest BCUT2D eigenvalue weighted by Crippen LogP contribution is 2.36. The number of benzene rings is 1. The summed E-state index contributed by atoms with van der Waals surface area (Å²) < 4.78 is 11.2.